The lowest BCUT2D eigenvalue weighted by Gasteiger charge is -2.62. The summed E-state index contributed by atoms with van der Waals surface area (Å²) in [4.78, 5) is 0. The van der Waals surface area contributed by atoms with E-state index < -0.39 is 0 Å². The Morgan fingerprint density at radius 1 is 0.938 bits per heavy atom. The second-order valence-corrected chi connectivity index (χ2v) is 13.6. The zero-order valence-corrected chi connectivity index (χ0v) is 22.0. The molecule has 0 saturated heterocycles. The van der Waals surface area contributed by atoms with E-state index in [1.165, 1.54) is 51.4 Å². The number of rotatable bonds is 5. The number of hydrogen-bond donors (Lipinski definition) is 1. The molecule has 0 radical (unpaired) electrons. The van der Waals surface area contributed by atoms with Gasteiger partial charge < -0.3 is 5.11 Å². The van der Waals surface area contributed by atoms with Crippen LogP contribution in [0.1, 0.15) is 98.8 Å². The van der Waals surface area contributed by atoms with Crippen LogP contribution in [0, 0.1) is 40.4 Å². The zero-order valence-electron chi connectivity index (χ0n) is 22.0. The van der Waals surface area contributed by atoms with Crippen LogP contribution in [0.3, 0.4) is 0 Å². The van der Waals surface area contributed by atoms with Gasteiger partial charge in [0.1, 0.15) is 0 Å². The van der Waals surface area contributed by atoms with E-state index in [-0.39, 0.29) is 6.10 Å². The van der Waals surface area contributed by atoms with E-state index in [2.05, 4.69) is 58.7 Å². The molecular weight excluding hydrogens is 392 g/mol. The number of aliphatic hydroxyl groups excluding tert-OH is 1. The summed E-state index contributed by atoms with van der Waals surface area (Å²) in [5.41, 5.74) is 4.59. The second-order valence-electron chi connectivity index (χ2n) is 13.6. The Hall–Kier alpha value is -0.380. The summed E-state index contributed by atoms with van der Waals surface area (Å²) >= 11 is 0. The first-order chi connectivity index (χ1) is 15.1. The summed E-state index contributed by atoms with van der Waals surface area (Å²) in [6.45, 7) is 12.6. The standard InChI is InChI=1S/C29H50N2O/c1-18(2)9-8-10-19(3)23-17-25-27-26-22(12-14-29(23,27)5)28(4)13-11-21(32)15-20(28)16-24(26)30(6)31(25)7/h18-25,32H,8-17H2,1-7H3/t19-,20-,21+,22?,23?,24?,25+,28?,29?/m1/s1. The van der Waals surface area contributed by atoms with E-state index in [1.807, 2.05) is 11.1 Å². The fraction of sp³-hybridized carbons (Fsp3) is 0.931. The minimum atomic E-state index is -0.0712. The zero-order chi connectivity index (χ0) is 23.0. The number of likely N-dealkylation sites (N-methyl/N-ethyl adjacent to an activating group) is 2. The third-order valence-electron chi connectivity index (χ3n) is 11.6. The molecule has 9 atom stereocenters. The van der Waals surface area contributed by atoms with Crippen molar-refractivity contribution in [2.24, 2.45) is 40.4 Å². The number of hydrogen-bond acceptors (Lipinski definition) is 3. The van der Waals surface area contributed by atoms with Crippen molar-refractivity contribution in [3.05, 3.63) is 11.1 Å². The molecule has 5 unspecified atom stereocenters. The Morgan fingerprint density at radius 3 is 2.38 bits per heavy atom. The maximum atomic E-state index is 10.5. The van der Waals surface area contributed by atoms with Crippen LogP contribution in [0.25, 0.3) is 0 Å². The first-order valence-corrected chi connectivity index (χ1v) is 14.0. The fourth-order valence-corrected chi connectivity index (χ4v) is 9.59. The highest BCUT2D eigenvalue weighted by Crippen LogP contribution is 2.68. The van der Waals surface area contributed by atoms with Crippen molar-refractivity contribution < 1.29 is 5.11 Å². The van der Waals surface area contributed by atoms with Crippen molar-refractivity contribution in [1.29, 1.82) is 0 Å². The molecule has 1 heterocycles. The quantitative estimate of drug-likeness (QED) is 0.507. The van der Waals surface area contributed by atoms with Gasteiger partial charge in [-0.15, -0.1) is 0 Å². The lowest BCUT2D eigenvalue weighted by Crippen LogP contribution is -2.62. The molecule has 0 amide bonds. The van der Waals surface area contributed by atoms with Crippen LogP contribution in [0.15, 0.2) is 11.1 Å². The van der Waals surface area contributed by atoms with Crippen molar-refractivity contribution in [2.75, 3.05) is 14.1 Å². The third-order valence-corrected chi connectivity index (χ3v) is 11.6. The molecule has 0 spiro atoms. The molecule has 182 valence electrons. The summed E-state index contributed by atoms with van der Waals surface area (Å²) in [7, 11) is 4.73. The van der Waals surface area contributed by atoms with E-state index in [4.69, 9.17) is 0 Å². The minimum Gasteiger partial charge on any atom is -0.393 e. The largest absolute Gasteiger partial charge is 0.393 e. The van der Waals surface area contributed by atoms with Gasteiger partial charge in [0.2, 0.25) is 0 Å². The van der Waals surface area contributed by atoms with E-state index in [9.17, 15) is 5.11 Å². The van der Waals surface area contributed by atoms with Crippen LogP contribution in [0.2, 0.25) is 0 Å². The molecule has 1 aliphatic heterocycles. The van der Waals surface area contributed by atoms with Gasteiger partial charge in [0.05, 0.1) is 6.10 Å². The molecule has 32 heavy (non-hydrogen) atoms. The SMILES string of the molecule is CC(C)CCC[C@@H](C)C1C[C@H]2C3=C4C(C[C@H]5C[C@@H](O)CCC5(C)C4CCC31C)N(C)N2C. The van der Waals surface area contributed by atoms with E-state index in [0.29, 0.717) is 28.8 Å². The van der Waals surface area contributed by atoms with Crippen molar-refractivity contribution in [2.45, 2.75) is 117 Å². The maximum Gasteiger partial charge on any atom is 0.0543 e. The normalized spacial score (nSPS) is 47.5. The van der Waals surface area contributed by atoms with Crippen LogP contribution in [0.4, 0.5) is 0 Å². The Balaban J connectivity index is 1.52. The van der Waals surface area contributed by atoms with Crippen LogP contribution in [0.5, 0.6) is 0 Å². The summed E-state index contributed by atoms with van der Waals surface area (Å²) in [5, 5.41) is 15.8. The molecule has 0 aromatic heterocycles. The Bertz CT molecular complexity index is 760. The predicted octanol–water partition coefficient (Wildman–Crippen LogP) is 6.28. The van der Waals surface area contributed by atoms with Crippen LogP contribution < -0.4 is 0 Å². The average Bonchev–Trinajstić information content (AvgIpc) is 3.05. The molecule has 0 bridgehead atoms. The van der Waals surface area contributed by atoms with Crippen LogP contribution >= 0.6 is 0 Å². The topological polar surface area (TPSA) is 26.7 Å². The Morgan fingerprint density at radius 2 is 1.66 bits per heavy atom. The first-order valence-electron chi connectivity index (χ1n) is 14.0. The summed E-state index contributed by atoms with van der Waals surface area (Å²) in [5.74, 6) is 3.90. The first kappa shape index (κ1) is 23.4. The molecule has 5 rings (SSSR count). The van der Waals surface area contributed by atoms with Gasteiger partial charge in [-0.3, -0.25) is 0 Å². The van der Waals surface area contributed by atoms with Crippen LogP contribution in [-0.2, 0) is 0 Å². The average molecular weight is 443 g/mol. The van der Waals surface area contributed by atoms with Crippen molar-refractivity contribution in [3.8, 4) is 0 Å². The number of nitrogens with zero attached hydrogens (tertiary/aromatic N) is 2. The third kappa shape index (κ3) is 3.31. The molecule has 3 fully saturated rings. The highest BCUT2D eigenvalue weighted by atomic mass is 16.3. The van der Waals surface area contributed by atoms with Gasteiger partial charge in [-0.1, -0.05) is 53.9 Å². The van der Waals surface area contributed by atoms with E-state index in [1.54, 1.807) is 0 Å². The van der Waals surface area contributed by atoms with Crippen molar-refractivity contribution in [3.63, 3.8) is 0 Å². The molecule has 3 saturated carbocycles. The Labute approximate surface area is 198 Å². The highest BCUT2D eigenvalue weighted by molar-refractivity contribution is 5.43. The molecule has 0 aromatic carbocycles. The van der Waals surface area contributed by atoms with Crippen molar-refractivity contribution >= 4 is 0 Å². The van der Waals surface area contributed by atoms with Gasteiger partial charge in [0.25, 0.3) is 0 Å². The number of aliphatic hydroxyl groups is 1. The van der Waals surface area contributed by atoms with Gasteiger partial charge in [-0.2, -0.15) is 0 Å². The molecule has 3 heteroatoms. The molecular formula is C29H50N2O. The number of hydrazine groups is 1. The van der Waals surface area contributed by atoms with Gasteiger partial charge in [0, 0.05) is 26.2 Å². The number of fused-ring (bicyclic) bond motifs is 2. The lowest BCUT2D eigenvalue weighted by molar-refractivity contribution is -0.109. The lowest BCUT2D eigenvalue weighted by atomic mass is 9.47. The van der Waals surface area contributed by atoms with Crippen molar-refractivity contribution in [1.82, 2.24) is 10.0 Å². The van der Waals surface area contributed by atoms with Gasteiger partial charge >= 0.3 is 0 Å². The molecule has 5 aliphatic rings. The monoisotopic (exact) mass is 442 g/mol. The summed E-state index contributed by atoms with van der Waals surface area (Å²) in [6, 6.07) is 1.18. The van der Waals surface area contributed by atoms with E-state index >= 15 is 0 Å². The molecule has 0 aromatic rings. The van der Waals surface area contributed by atoms with Gasteiger partial charge in [-0.25, -0.2) is 10.0 Å². The smallest absolute Gasteiger partial charge is 0.0543 e. The predicted molar refractivity (Wildman–Crippen MR) is 133 cm³/mol. The second kappa shape index (κ2) is 8.09. The summed E-state index contributed by atoms with van der Waals surface area (Å²) in [6.07, 6.45) is 12.8. The van der Waals surface area contributed by atoms with Gasteiger partial charge in [0.15, 0.2) is 0 Å². The minimum absolute atomic E-state index is 0.0712. The molecule has 1 N–H and O–H groups in total. The molecule has 4 aliphatic carbocycles. The fourth-order valence-electron chi connectivity index (χ4n) is 9.59. The van der Waals surface area contributed by atoms with Crippen LogP contribution in [-0.4, -0.2) is 47.4 Å². The van der Waals surface area contributed by atoms with Gasteiger partial charge in [-0.05, 0) is 96.5 Å². The Kier molecular flexibility index (Phi) is 5.91. The summed E-state index contributed by atoms with van der Waals surface area (Å²) < 4.78 is 0. The maximum absolute atomic E-state index is 10.5. The molecule has 3 nitrogen and oxygen atoms in total. The highest BCUT2D eigenvalue weighted by Gasteiger charge is 2.63. The van der Waals surface area contributed by atoms with E-state index in [0.717, 1.165) is 36.5 Å².